The lowest BCUT2D eigenvalue weighted by molar-refractivity contribution is -0.148. The van der Waals surface area contributed by atoms with E-state index in [1.54, 1.807) is 0 Å². The third kappa shape index (κ3) is 2.76. The van der Waals surface area contributed by atoms with Crippen molar-refractivity contribution in [1.82, 2.24) is 0 Å². The predicted molar refractivity (Wildman–Crippen MR) is 64.3 cm³/mol. The molecule has 16 heavy (non-hydrogen) atoms. The third-order valence-electron chi connectivity index (χ3n) is 4.02. The Morgan fingerprint density at radius 1 is 1.44 bits per heavy atom. The zero-order valence-corrected chi connectivity index (χ0v) is 10.6. The zero-order valence-electron chi connectivity index (χ0n) is 10.6. The Bertz CT molecular complexity index is 226. The molecule has 1 aliphatic carbocycles. The lowest BCUT2D eigenvalue weighted by Gasteiger charge is -2.48. The first kappa shape index (κ1) is 12.3. The van der Waals surface area contributed by atoms with Crippen molar-refractivity contribution in [2.45, 2.75) is 63.7 Å². The standard InChI is InChI=1S/C13H25NO2/c1-10(2)15-9-12(14)11-4-7-16-13(8-11)5-3-6-13/h10-12H,3-9,14H2,1-2H3. The van der Waals surface area contributed by atoms with Crippen LogP contribution in [0.15, 0.2) is 0 Å². The van der Waals surface area contributed by atoms with Gasteiger partial charge in [0.25, 0.3) is 0 Å². The molecular weight excluding hydrogens is 202 g/mol. The van der Waals surface area contributed by atoms with Crippen LogP contribution in [0.1, 0.15) is 46.0 Å². The minimum atomic E-state index is 0.184. The molecule has 1 aliphatic heterocycles. The summed E-state index contributed by atoms with van der Waals surface area (Å²) in [6, 6.07) is 0.184. The molecule has 0 radical (unpaired) electrons. The van der Waals surface area contributed by atoms with Gasteiger partial charge in [0.15, 0.2) is 0 Å². The van der Waals surface area contributed by atoms with Crippen molar-refractivity contribution < 1.29 is 9.47 Å². The molecule has 1 heterocycles. The second kappa shape index (κ2) is 5.03. The van der Waals surface area contributed by atoms with Gasteiger partial charge < -0.3 is 15.2 Å². The molecular formula is C13H25NO2. The van der Waals surface area contributed by atoms with Crippen molar-refractivity contribution in [3.63, 3.8) is 0 Å². The quantitative estimate of drug-likeness (QED) is 0.800. The van der Waals surface area contributed by atoms with Gasteiger partial charge in [0, 0.05) is 12.6 Å². The van der Waals surface area contributed by atoms with Crippen LogP contribution in [-0.4, -0.2) is 31.0 Å². The molecule has 2 N–H and O–H groups in total. The maximum absolute atomic E-state index is 6.22. The fourth-order valence-electron chi connectivity index (χ4n) is 2.79. The Morgan fingerprint density at radius 2 is 2.19 bits per heavy atom. The summed E-state index contributed by atoms with van der Waals surface area (Å²) >= 11 is 0. The first-order valence-corrected chi connectivity index (χ1v) is 6.62. The van der Waals surface area contributed by atoms with Gasteiger partial charge in [-0.05, 0) is 51.9 Å². The minimum Gasteiger partial charge on any atom is -0.377 e. The van der Waals surface area contributed by atoms with Gasteiger partial charge in [-0.2, -0.15) is 0 Å². The monoisotopic (exact) mass is 227 g/mol. The predicted octanol–water partition coefficient (Wildman–Crippen LogP) is 2.09. The first-order valence-electron chi connectivity index (χ1n) is 6.62. The summed E-state index contributed by atoms with van der Waals surface area (Å²) in [6.45, 7) is 5.70. The number of hydrogen-bond donors (Lipinski definition) is 1. The highest BCUT2D eigenvalue weighted by molar-refractivity contribution is 4.96. The van der Waals surface area contributed by atoms with E-state index < -0.39 is 0 Å². The van der Waals surface area contributed by atoms with Crippen molar-refractivity contribution in [2.24, 2.45) is 11.7 Å². The summed E-state index contributed by atoms with van der Waals surface area (Å²) < 4.78 is 11.5. The van der Waals surface area contributed by atoms with E-state index in [9.17, 15) is 0 Å². The van der Waals surface area contributed by atoms with Gasteiger partial charge in [-0.1, -0.05) is 0 Å². The van der Waals surface area contributed by atoms with Crippen molar-refractivity contribution in [2.75, 3.05) is 13.2 Å². The molecule has 1 saturated carbocycles. The number of hydrogen-bond acceptors (Lipinski definition) is 3. The van der Waals surface area contributed by atoms with E-state index in [1.807, 2.05) is 0 Å². The van der Waals surface area contributed by atoms with Crippen molar-refractivity contribution >= 4 is 0 Å². The van der Waals surface area contributed by atoms with Gasteiger partial charge >= 0.3 is 0 Å². The Morgan fingerprint density at radius 3 is 2.75 bits per heavy atom. The molecule has 0 aromatic heterocycles. The highest BCUT2D eigenvalue weighted by Crippen LogP contribution is 2.44. The molecule has 2 unspecified atom stereocenters. The lowest BCUT2D eigenvalue weighted by atomic mass is 9.70. The van der Waals surface area contributed by atoms with Crippen LogP contribution >= 0.6 is 0 Å². The largest absolute Gasteiger partial charge is 0.377 e. The molecule has 3 heteroatoms. The Balaban J connectivity index is 1.79. The van der Waals surface area contributed by atoms with E-state index in [2.05, 4.69) is 13.8 Å². The van der Waals surface area contributed by atoms with Gasteiger partial charge in [-0.15, -0.1) is 0 Å². The average Bonchev–Trinajstić information content (AvgIpc) is 2.24. The molecule has 3 nitrogen and oxygen atoms in total. The summed E-state index contributed by atoms with van der Waals surface area (Å²) in [6.07, 6.45) is 6.33. The Labute approximate surface area is 98.7 Å². The molecule has 1 saturated heterocycles. The second-order valence-corrected chi connectivity index (χ2v) is 5.68. The van der Waals surface area contributed by atoms with E-state index in [-0.39, 0.29) is 17.7 Å². The highest BCUT2D eigenvalue weighted by atomic mass is 16.5. The van der Waals surface area contributed by atoms with Gasteiger partial charge in [-0.3, -0.25) is 0 Å². The molecule has 0 aromatic carbocycles. The molecule has 2 rings (SSSR count). The van der Waals surface area contributed by atoms with E-state index in [0.717, 1.165) is 19.4 Å². The van der Waals surface area contributed by atoms with E-state index in [1.165, 1.54) is 19.3 Å². The van der Waals surface area contributed by atoms with Crippen molar-refractivity contribution in [3.8, 4) is 0 Å². The fraction of sp³-hybridized carbons (Fsp3) is 1.00. The van der Waals surface area contributed by atoms with Crippen molar-refractivity contribution in [1.29, 1.82) is 0 Å². The van der Waals surface area contributed by atoms with Crippen LogP contribution < -0.4 is 5.73 Å². The highest BCUT2D eigenvalue weighted by Gasteiger charge is 2.43. The van der Waals surface area contributed by atoms with E-state index in [0.29, 0.717) is 12.5 Å². The molecule has 94 valence electrons. The van der Waals surface area contributed by atoms with Crippen LogP contribution in [0, 0.1) is 5.92 Å². The fourth-order valence-corrected chi connectivity index (χ4v) is 2.79. The maximum Gasteiger partial charge on any atom is 0.0685 e. The van der Waals surface area contributed by atoms with Crippen LogP contribution in [0.2, 0.25) is 0 Å². The Hall–Kier alpha value is -0.120. The number of nitrogens with two attached hydrogens (primary N) is 1. The average molecular weight is 227 g/mol. The Kier molecular flexibility index (Phi) is 3.88. The first-order chi connectivity index (χ1) is 7.61. The summed E-state index contributed by atoms with van der Waals surface area (Å²) in [4.78, 5) is 0. The van der Waals surface area contributed by atoms with E-state index in [4.69, 9.17) is 15.2 Å². The van der Waals surface area contributed by atoms with Crippen LogP contribution in [0.25, 0.3) is 0 Å². The van der Waals surface area contributed by atoms with Crippen LogP contribution in [0.3, 0.4) is 0 Å². The molecule has 2 fully saturated rings. The molecule has 2 aliphatic rings. The van der Waals surface area contributed by atoms with Gasteiger partial charge in [0.2, 0.25) is 0 Å². The van der Waals surface area contributed by atoms with E-state index >= 15 is 0 Å². The van der Waals surface area contributed by atoms with Crippen LogP contribution in [-0.2, 0) is 9.47 Å². The second-order valence-electron chi connectivity index (χ2n) is 5.68. The molecule has 1 spiro atoms. The SMILES string of the molecule is CC(C)OCC(N)C1CCOC2(CCC2)C1. The van der Waals surface area contributed by atoms with Crippen LogP contribution in [0.5, 0.6) is 0 Å². The molecule has 0 bridgehead atoms. The summed E-state index contributed by atoms with van der Waals surface area (Å²) in [5.74, 6) is 0.591. The summed E-state index contributed by atoms with van der Waals surface area (Å²) in [5, 5.41) is 0. The smallest absolute Gasteiger partial charge is 0.0685 e. The van der Waals surface area contributed by atoms with Gasteiger partial charge in [0.05, 0.1) is 18.3 Å². The summed E-state index contributed by atoms with van der Waals surface area (Å²) in [7, 11) is 0. The number of ether oxygens (including phenoxy) is 2. The number of rotatable bonds is 4. The topological polar surface area (TPSA) is 44.5 Å². The third-order valence-corrected chi connectivity index (χ3v) is 4.02. The zero-order chi connectivity index (χ0) is 11.6. The minimum absolute atomic E-state index is 0.184. The molecule has 2 atom stereocenters. The normalized spacial score (nSPS) is 30.4. The van der Waals surface area contributed by atoms with Gasteiger partial charge in [0.1, 0.15) is 0 Å². The van der Waals surface area contributed by atoms with Crippen LogP contribution in [0.4, 0.5) is 0 Å². The lowest BCUT2D eigenvalue weighted by Crippen LogP contribution is -2.50. The van der Waals surface area contributed by atoms with Gasteiger partial charge in [-0.25, -0.2) is 0 Å². The summed E-state index contributed by atoms with van der Waals surface area (Å²) in [5.41, 5.74) is 6.42. The molecule has 0 aromatic rings. The maximum atomic E-state index is 6.22. The van der Waals surface area contributed by atoms with Crippen molar-refractivity contribution in [3.05, 3.63) is 0 Å². The molecule has 0 amide bonds.